The first-order chi connectivity index (χ1) is 7.29. The van der Waals surface area contributed by atoms with Crippen LogP contribution in [-0.4, -0.2) is 27.7 Å². The number of hydrogen-bond acceptors (Lipinski definition) is 3. The van der Waals surface area contributed by atoms with Crippen molar-refractivity contribution in [2.45, 2.75) is 18.9 Å². The Bertz CT molecular complexity index is 405. The SMILES string of the molecule is N[C@H](CO)CCc1nc2ccccc2[nH]1. The van der Waals surface area contributed by atoms with Crippen molar-refractivity contribution in [1.29, 1.82) is 0 Å². The maximum absolute atomic E-state index is 8.80. The Kier molecular flexibility index (Phi) is 2.99. The number of aromatic nitrogens is 2. The van der Waals surface area contributed by atoms with E-state index in [0.717, 1.165) is 29.7 Å². The van der Waals surface area contributed by atoms with Gasteiger partial charge in [-0.15, -0.1) is 0 Å². The van der Waals surface area contributed by atoms with Crippen LogP contribution in [0.3, 0.4) is 0 Å². The van der Waals surface area contributed by atoms with Crippen LogP contribution < -0.4 is 5.73 Å². The summed E-state index contributed by atoms with van der Waals surface area (Å²) in [4.78, 5) is 7.65. The van der Waals surface area contributed by atoms with Crippen molar-refractivity contribution in [2.24, 2.45) is 5.73 Å². The molecule has 0 amide bonds. The molecule has 0 aliphatic heterocycles. The lowest BCUT2D eigenvalue weighted by atomic mass is 10.2. The van der Waals surface area contributed by atoms with Crippen LogP contribution in [-0.2, 0) is 6.42 Å². The van der Waals surface area contributed by atoms with Gasteiger partial charge in [-0.2, -0.15) is 0 Å². The third kappa shape index (κ3) is 2.34. The summed E-state index contributed by atoms with van der Waals surface area (Å²) in [5, 5.41) is 8.80. The first kappa shape index (κ1) is 10.1. The number of para-hydroxylation sites is 2. The molecule has 0 spiro atoms. The van der Waals surface area contributed by atoms with E-state index in [1.54, 1.807) is 0 Å². The zero-order valence-electron chi connectivity index (χ0n) is 8.48. The summed E-state index contributed by atoms with van der Waals surface area (Å²) in [7, 11) is 0. The second kappa shape index (κ2) is 4.42. The summed E-state index contributed by atoms with van der Waals surface area (Å²) < 4.78 is 0. The summed E-state index contributed by atoms with van der Waals surface area (Å²) in [5.41, 5.74) is 7.65. The molecule has 2 rings (SSSR count). The molecule has 1 aromatic heterocycles. The van der Waals surface area contributed by atoms with Gasteiger partial charge < -0.3 is 15.8 Å². The summed E-state index contributed by atoms with van der Waals surface area (Å²) in [6.07, 6.45) is 1.52. The zero-order valence-corrected chi connectivity index (χ0v) is 8.48. The Morgan fingerprint density at radius 1 is 1.40 bits per heavy atom. The van der Waals surface area contributed by atoms with Gasteiger partial charge in [0.2, 0.25) is 0 Å². The molecule has 0 aliphatic rings. The normalized spacial score (nSPS) is 13.2. The minimum atomic E-state index is -0.154. The van der Waals surface area contributed by atoms with Crippen molar-refractivity contribution in [2.75, 3.05) is 6.61 Å². The highest BCUT2D eigenvalue weighted by Crippen LogP contribution is 2.11. The zero-order chi connectivity index (χ0) is 10.7. The molecule has 0 radical (unpaired) electrons. The number of nitrogens with one attached hydrogen (secondary N) is 1. The molecule has 1 heterocycles. The van der Waals surface area contributed by atoms with E-state index >= 15 is 0 Å². The number of hydrogen-bond donors (Lipinski definition) is 3. The molecular weight excluding hydrogens is 190 g/mol. The summed E-state index contributed by atoms with van der Waals surface area (Å²) in [6, 6.07) is 7.76. The topological polar surface area (TPSA) is 74.9 Å². The predicted molar refractivity (Wildman–Crippen MR) is 59.5 cm³/mol. The van der Waals surface area contributed by atoms with Gasteiger partial charge in [-0.1, -0.05) is 12.1 Å². The molecule has 4 heteroatoms. The first-order valence-corrected chi connectivity index (χ1v) is 5.09. The predicted octanol–water partition coefficient (Wildman–Crippen LogP) is 0.815. The van der Waals surface area contributed by atoms with Gasteiger partial charge in [0.05, 0.1) is 17.6 Å². The van der Waals surface area contributed by atoms with Gasteiger partial charge in [-0.3, -0.25) is 0 Å². The van der Waals surface area contributed by atoms with Gasteiger partial charge in [0.15, 0.2) is 0 Å². The number of fused-ring (bicyclic) bond motifs is 1. The van der Waals surface area contributed by atoms with E-state index in [1.807, 2.05) is 24.3 Å². The van der Waals surface area contributed by atoms with Gasteiger partial charge in [0, 0.05) is 12.5 Å². The molecule has 80 valence electrons. The van der Waals surface area contributed by atoms with Crippen molar-refractivity contribution >= 4 is 11.0 Å². The van der Waals surface area contributed by atoms with Crippen LogP contribution in [0.25, 0.3) is 11.0 Å². The average molecular weight is 205 g/mol. The Morgan fingerprint density at radius 3 is 2.93 bits per heavy atom. The van der Waals surface area contributed by atoms with Crippen LogP contribution in [0.5, 0.6) is 0 Å². The van der Waals surface area contributed by atoms with Crippen LogP contribution in [0.15, 0.2) is 24.3 Å². The number of imidazole rings is 1. The largest absolute Gasteiger partial charge is 0.395 e. The molecular formula is C11H15N3O. The summed E-state index contributed by atoms with van der Waals surface area (Å²) in [5.74, 6) is 0.931. The fourth-order valence-electron chi connectivity index (χ4n) is 1.54. The smallest absolute Gasteiger partial charge is 0.107 e. The lowest BCUT2D eigenvalue weighted by Gasteiger charge is -2.04. The van der Waals surface area contributed by atoms with Gasteiger partial charge in [0.25, 0.3) is 0 Å². The molecule has 15 heavy (non-hydrogen) atoms. The second-order valence-electron chi connectivity index (χ2n) is 3.68. The quantitative estimate of drug-likeness (QED) is 0.691. The first-order valence-electron chi connectivity index (χ1n) is 5.09. The maximum Gasteiger partial charge on any atom is 0.107 e. The van der Waals surface area contributed by atoms with E-state index in [4.69, 9.17) is 10.8 Å². The fourth-order valence-corrected chi connectivity index (χ4v) is 1.54. The van der Waals surface area contributed by atoms with Crippen molar-refractivity contribution < 1.29 is 5.11 Å². The molecule has 4 nitrogen and oxygen atoms in total. The van der Waals surface area contributed by atoms with E-state index in [1.165, 1.54) is 0 Å². The molecule has 0 saturated carbocycles. The molecule has 0 unspecified atom stereocenters. The number of nitrogens with zero attached hydrogens (tertiary/aromatic N) is 1. The Morgan fingerprint density at radius 2 is 2.20 bits per heavy atom. The molecule has 4 N–H and O–H groups in total. The number of aromatic amines is 1. The van der Waals surface area contributed by atoms with Crippen molar-refractivity contribution in [3.63, 3.8) is 0 Å². The van der Waals surface area contributed by atoms with E-state index in [0.29, 0.717) is 0 Å². The highest BCUT2D eigenvalue weighted by Gasteiger charge is 2.04. The monoisotopic (exact) mass is 205 g/mol. The molecule has 1 aromatic carbocycles. The van der Waals surface area contributed by atoms with Crippen LogP contribution in [0, 0.1) is 0 Å². The maximum atomic E-state index is 8.80. The molecule has 1 atom stereocenters. The third-order valence-corrected chi connectivity index (χ3v) is 2.42. The van der Waals surface area contributed by atoms with Crippen molar-refractivity contribution in [3.05, 3.63) is 30.1 Å². The summed E-state index contributed by atoms with van der Waals surface area (Å²) >= 11 is 0. The van der Waals surface area contributed by atoms with Crippen LogP contribution in [0.4, 0.5) is 0 Å². The number of aliphatic hydroxyl groups excluding tert-OH is 1. The fraction of sp³-hybridized carbons (Fsp3) is 0.364. The number of nitrogens with two attached hydrogens (primary N) is 1. The molecule has 2 aromatic rings. The van der Waals surface area contributed by atoms with Crippen LogP contribution >= 0.6 is 0 Å². The minimum absolute atomic E-state index is 0.0280. The standard InChI is InChI=1S/C11H15N3O/c12-8(7-15)5-6-11-13-9-3-1-2-4-10(9)14-11/h1-4,8,15H,5-7,12H2,(H,13,14)/t8-/m0/s1. The van der Waals surface area contributed by atoms with E-state index in [-0.39, 0.29) is 12.6 Å². The number of rotatable bonds is 4. The highest BCUT2D eigenvalue weighted by molar-refractivity contribution is 5.74. The lowest BCUT2D eigenvalue weighted by molar-refractivity contribution is 0.260. The molecule has 0 bridgehead atoms. The van der Waals surface area contributed by atoms with Gasteiger partial charge in [-0.05, 0) is 18.6 Å². The van der Waals surface area contributed by atoms with Gasteiger partial charge in [0.1, 0.15) is 5.82 Å². The second-order valence-corrected chi connectivity index (χ2v) is 3.68. The van der Waals surface area contributed by atoms with Crippen LogP contribution in [0.1, 0.15) is 12.2 Å². The minimum Gasteiger partial charge on any atom is -0.395 e. The summed E-state index contributed by atoms with van der Waals surface area (Å²) in [6.45, 7) is 0.0280. The number of aliphatic hydroxyl groups is 1. The van der Waals surface area contributed by atoms with E-state index in [2.05, 4.69) is 9.97 Å². The number of benzene rings is 1. The highest BCUT2D eigenvalue weighted by atomic mass is 16.3. The number of H-pyrrole nitrogens is 1. The Labute approximate surface area is 88.1 Å². The molecule has 0 saturated heterocycles. The molecule has 0 fully saturated rings. The van der Waals surface area contributed by atoms with Crippen molar-refractivity contribution in [3.8, 4) is 0 Å². The lowest BCUT2D eigenvalue weighted by Crippen LogP contribution is -2.24. The Balaban J connectivity index is 2.09. The van der Waals surface area contributed by atoms with Gasteiger partial charge in [-0.25, -0.2) is 4.98 Å². The number of aryl methyl sites for hydroxylation is 1. The van der Waals surface area contributed by atoms with E-state index in [9.17, 15) is 0 Å². The van der Waals surface area contributed by atoms with Crippen molar-refractivity contribution in [1.82, 2.24) is 9.97 Å². The van der Waals surface area contributed by atoms with Crippen LogP contribution in [0.2, 0.25) is 0 Å². The third-order valence-electron chi connectivity index (χ3n) is 2.42. The Hall–Kier alpha value is -1.39. The van der Waals surface area contributed by atoms with Gasteiger partial charge >= 0.3 is 0 Å². The average Bonchev–Trinajstić information content (AvgIpc) is 2.68. The van der Waals surface area contributed by atoms with E-state index < -0.39 is 0 Å². The molecule has 0 aliphatic carbocycles.